The van der Waals surface area contributed by atoms with E-state index in [1.54, 1.807) is 6.08 Å². The van der Waals surface area contributed by atoms with Crippen molar-refractivity contribution < 1.29 is 4.79 Å². The highest BCUT2D eigenvalue weighted by atomic mass is 16.1. The van der Waals surface area contributed by atoms with Gasteiger partial charge in [0.05, 0.1) is 0 Å². The molecule has 24 heavy (non-hydrogen) atoms. The van der Waals surface area contributed by atoms with E-state index in [0.29, 0.717) is 0 Å². The molecule has 2 N–H and O–H groups in total. The monoisotopic (exact) mass is 316 g/mol. The van der Waals surface area contributed by atoms with Crippen molar-refractivity contribution in [3.63, 3.8) is 0 Å². The highest BCUT2D eigenvalue weighted by Gasteiger charge is 2.26. The topological polar surface area (TPSA) is 44.9 Å². The molecule has 0 saturated heterocycles. The van der Waals surface area contributed by atoms with Crippen LogP contribution in [0.4, 0.5) is 0 Å². The summed E-state index contributed by atoms with van der Waals surface area (Å²) in [5, 5.41) is 4.41. The molecular formula is C21H20N2O. The molecule has 120 valence electrons. The zero-order chi connectivity index (χ0) is 16.5. The Morgan fingerprint density at radius 1 is 1.17 bits per heavy atom. The van der Waals surface area contributed by atoms with Crippen LogP contribution in [0.2, 0.25) is 0 Å². The molecule has 1 heterocycles. The van der Waals surface area contributed by atoms with Gasteiger partial charge in [0, 0.05) is 35.1 Å². The first kappa shape index (κ1) is 14.8. The van der Waals surface area contributed by atoms with Gasteiger partial charge >= 0.3 is 0 Å². The van der Waals surface area contributed by atoms with Crippen LogP contribution in [-0.4, -0.2) is 16.9 Å². The molecule has 1 atom stereocenters. The second-order valence-corrected chi connectivity index (χ2v) is 6.49. The molecule has 3 aromatic rings. The van der Waals surface area contributed by atoms with E-state index < -0.39 is 0 Å². The number of aromatic nitrogens is 1. The van der Waals surface area contributed by atoms with Crippen LogP contribution < -0.4 is 5.32 Å². The third-order valence-corrected chi connectivity index (χ3v) is 4.62. The maximum Gasteiger partial charge on any atom is 0.244 e. The van der Waals surface area contributed by atoms with E-state index in [4.69, 9.17) is 0 Å². The highest BCUT2D eigenvalue weighted by molar-refractivity contribution is 5.92. The lowest BCUT2D eigenvalue weighted by atomic mass is 10.1. The predicted molar refractivity (Wildman–Crippen MR) is 97.9 cm³/mol. The number of amides is 1. The van der Waals surface area contributed by atoms with E-state index in [1.807, 2.05) is 36.4 Å². The molecule has 0 saturated carbocycles. The quantitative estimate of drug-likeness (QED) is 0.710. The maximum absolute atomic E-state index is 12.2. The second-order valence-electron chi connectivity index (χ2n) is 6.49. The Balaban J connectivity index is 1.44. The Bertz CT molecular complexity index is 922. The molecular weight excluding hydrogens is 296 g/mol. The number of H-pyrrole nitrogens is 1. The van der Waals surface area contributed by atoms with E-state index in [0.717, 1.165) is 18.4 Å². The predicted octanol–water partition coefficient (Wildman–Crippen LogP) is 3.77. The number of carbonyl (C=O) groups is 1. The number of aryl methyl sites for hydroxylation is 1. The van der Waals surface area contributed by atoms with E-state index in [2.05, 4.69) is 35.4 Å². The maximum atomic E-state index is 12.2. The third kappa shape index (κ3) is 2.85. The van der Waals surface area contributed by atoms with Crippen molar-refractivity contribution in [2.45, 2.75) is 25.8 Å². The fraction of sp³-hybridized carbons (Fsp3) is 0.190. The first-order valence-electron chi connectivity index (χ1n) is 8.33. The molecule has 0 aliphatic heterocycles. The number of aromatic amines is 1. The van der Waals surface area contributed by atoms with Gasteiger partial charge in [0.25, 0.3) is 0 Å². The summed E-state index contributed by atoms with van der Waals surface area (Å²) < 4.78 is 0. The molecule has 0 bridgehead atoms. The minimum atomic E-state index is -0.0329. The standard InChI is InChI=1S/C21H20N2O/c1-14-7-9-19-17(11-14)18-12-16(13-20(18)23-19)22-21(24)10-8-15-5-3-2-4-6-15/h2-11,16,23H,12-13H2,1H3,(H,22,24)/b10-8+. The molecule has 1 unspecified atom stereocenters. The van der Waals surface area contributed by atoms with Crippen LogP contribution in [0.3, 0.4) is 0 Å². The molecule has 0 fully saturated rings. The van der Waals surface area contributed by atoms with Crippen LogP contribution in [-0.2, 0) is 17.6 Å². The Morgan fingerprint density at radius 3 is 2.83 bits per heavy atom. The van der Waals surface area contributed by atoms with Crippen LogP contribution in [0.1, 0.15) is 22.4 Å². The van der Waals surface area contributed by atoms with E-state index in [1.165, 1.54) is 27.7 Å². The number of hydrogen-bond acceptors (Lipinski definition) is 1. The van der Waals surface area contributed by atoms with Gasteiger partial charge in [-0.05, 0) is 42.7 Å². The van der Waals surface area contributed by atoms with Crippen molar-refractivity contribution in [2.75, 3.05) is 0 Å². The Morgan fingerprint density at radius 2 is 2.00 bits per heavy atom. The fourth-order valence-electron chi connectivity index (χ4n) is 3.48. The SMILES string of the molecule is Cc1ccc2[nH]c3c(c2c1)CC(NC(=O)/C=C/c1ccccc1)C3. The molecule has 0 radical (unpaired) electrons. The van der Waals surface area contributed by atoms with Gasteiger partial charge in [-0.25, -0.2) is 0 Å². The number of rotatable bonds is 3. The smallest absolute Gasteiger partial charge is 0.244 e. The summed E-state index contributed by atoms with van der Waals surface area (Å²) in [5.74, 6) is -0.0329. The minimum absolute atomic E-state index is 0.0329. The first-order chi connectivity index (χ1) is 11.7. The molecule has 1 amide bonds. The molecule has 1 aromatic heterocycles. The van der Waals surface area contributed by atoms with Crippen molar-refractivity contribution in [1.82, 2.24) is 10.3 Å². The number of fused-ring (bicyclic) bond motifs is 3. The lowest BCUT2D eigenvalue weighted by Crippen LogP contribution is -2.34. The van der Waals surface area contributed by atoms with Crippen LogP contribution >= 0.6 is 0 Å². The van der Waals surface area contributed by atoms with Crippen molar-refractivity contribution >= 4 is 22.9 Å². The third-order valence-electron chi connectivity index (χ3n) is 4.62. The summed E-state index contributed by atoms with van der Waals surface area (Å²) in [4.78, 5) is 15.6. The van der Waals surface area contributed by atoms with Gasteiger partial charge in [-0.15, -0.1) is 0 Å². The van der Waals surface area contributed by atoms with Gasteiger partial charge in [-0.3, -0.25) is 4.79 Å². The number of nitrogens with one attached hydrogen (secondary N) is 2. The van der Waals surface area contributed by atoms with E-state index in [9.17, 15) is 4.79 Å². The molecule has 0 spiro atoms. The number of benzene rings is 2. The molecule has 1 aliphatic carbocycles. The van der Waals surface area contributed by atoms with Gasteiger partial charge in [-0.1, -0.05) is 42.0 Å². The normalized spacial score (nSPS) is 16.6. The highest BCUT2D eigenvalue weighted by Crippen LogP contribution is 2.30. The number of carbonyl (C=O) groups excluding carboxylic acids is 1. The van der Waals surface area contributed by atoms with Crippen molar-refractivity contribution in [3.05, 3.63) is 77.0 Å². The summed E-state index contributed by atoms with van der Waals surface area (Å²) in [7, 11) is 0. The molecule has 3 nitrogen and oxygen atoms in total. The van der Waals surface area contributed by atoms with Crippen molar-refractivity contribution in [3.8, 4) is 0 Å². The lowest BCUT2D eigenvalue weighted by molar-refractivity contribution is -0.117. The minimum Gasteiger partial charge on any atom is -0.358 e. The Hall–Kier alpha value is -2.81. The zero-order valence-corrected chi connectivity index (χ0v) is 13.7. The van der Waals surface area contributed by atoms with E-state index >= 15 is 0 Å². The van der Waals surface area contributed by atoms with Crippen LogP contribution in [0.5, 0.6) is 0 Å². The molecule has 3 heteroatoms. The summed E-state index contributed by atoms with van der Waals surface area (Å²) in [5.41, 5.74) is 6.10. The van der Waals surface area contributed by atoms with Crippen LogP contribution in [0.15, 0.2) is 54.6 Å². The summed E-state index contributed by atoms with van der Waals surface area (Å²) >= 11 is 0. The largest absolute Gasteiger partial charge is 0.358 e. The van der Waals surface area contributed by atoms with Gasteiger partial charge in [-0.2, -0.15) is 0 Å². The van der Waals surface area contributed by atoms with Gasteiger partial charge in [0.1, 0.15) is 0 Å². The lowest BCUT2D eigenvalue weighted by Gasteiger charge is -2.10. The van der Waals surface area contributed by atoms with Crippen LogP contribution in [0, 0.1) is 6.92 Å². The van der Waals surface area contributed by atoms with Crippen molar-refractivity contribution in [2.24, 2.45) is 0 Å². The summed E-state index contributed by atoms with van der Waals surface area (Å²) in [6.07, 6.45) is 5.23. The van der Waals surface area contributed by atoms with Crippen LogP contribution in [0.25, 0.3) is 17.0 Å². The molecule has 2 aromatic carbocycles. The van der Waals surface area contributed by atoms with Crippen molar-refractivity contribution in [1.29, 1.82) is 0 Å². The first-order valence-corrected chi connectivity index (χ1v) is 8.33. The summed E-state index contributed by atoms with van der Waals surface area (Å²) in [6.45, 7) is 2.11. The van der Waals surface area contributed by atoms with E-state index in [-0.39, 0.29) is 11.9 Å². The zero-order valence-electron chi connectivity index (χ0n) is 13.7. The van der Waals surface area contributed by atoms with Gasteiger partial charge in [0.2, 0.25) is 5.91 Å². The average Bonchev–Trinajstić information content (AvgIpc) is 3.11. The number of hydrogen-bond donors (Lipinski definition) is 2. The van der Waals surface area contributed by atoms with Gasteiger partial charge < -0.3 is 10.3 Å². The average molecular weight is 316 g/mol. The Kier molecular flexibility index (Phi) is 3.69. The molecule has 4 rings (SSSR count). The summed E-state index contributed by atoms with van der Waals surface area (Å²) in [6, 6.07) is 16.5. The second kappa shape index (κ2) is 6.00. The fourth-order valence-corrected chi connectivity index (χ4v) is 3.48. The molecule has 1 aliphatic rings. The Labute approximate surface area is 141 Å². The van der Waals surface area contributed by atoms with Gasteiger partial charge in [0.15, 0.2) is 0 Å².